The molecule has 0 N–H and O–H groups in total. The molecule has 0 aromatic carbocycles. The molecule has 0 aliphatic heterocycles. The van der Waals surface area contributed by atoms with Crippen molar-refractivity contribution < 1.29 is 23.2 Å². The molecule has 0 unspecified atom stereocenters. The molecule has 0 bridgehead atoms. The molecule has 0 amide bonds. The smallest absolute Gasteiger partial charge is 0.147 e. The zero-order valence-electron chi connectivity index (χ0n) is 8.72. The van der Waals surface area contributed by atoms with E-state index in [1.165, 1.54) is 0 Å². The monoisotopic (exact) mass is 312 g/mol. The molecular formula is C8H21Cl3Zr. The molecule has 4 heteroatoms. The fourth-order valence-corrected chi connectivity index (χ4v) is 6.66. The first-order chi connectivity index (χ1) is 3.71. The third kappa shape index (κ3) is 22.6. The summed E-state index contributed by atoms with van der Waals surface area (Å²) in [7, 11) is 0. The quantitative estimate of drug-likeness (QED) is 0.604. The fraction of sp³-hybridized carbons (Fsp3) is 1.00. The van der Waals surface area contributed by atoms with Crippen LogP contribution in [0.15, 0.2) is 0 Å². The van der Waals surface area contributed by atoms with Crippen LogP contribution in [0.1, 0.15) is 41.5 Å². The summed E-state index contributed by atoms with van der Waals surface area (Å²) in [6.45, 7) is 14.2. The molecule has 0 saturated heterocycles. The van der Waals surface area contributed by atoms with Crippen molar-refractivity contribution in [2.24, 2.45) is 0 Å². The third-order valence-corrected chi connectivity index (χ3v) is 4.44. The Hall–Kier alpha value is 1.75. The molecule has 0 aliphatic carbocycles. The molecule has 78 valence electrons. The van der Waals surface area contributed by atoms with E-state index in [-0.39, 0.29) is 60.5 Å². The molecule has 0 radical (unpaired) electrons. The molecule has 0 aromatic rings. The first-order valence-electron chi connectivity index (χ1n) is 3.50. The van der Waals surface area contributed by atoms with E-state index >= 15 is 0 Å². The van der Waals surface area contributed by atoms with Crippen molar-refractivity contribution >= 4 is 37.2 Å². The van der Waals surface area contributed by atoms with Crippen LogP contribution in [0.25, 0.3) is 0 Å². The summed E-state index contributed by atoms with van der Waals surface area (Å²) >= 11 is -0.182. The van der Waals surface area contributed by atoms with Gasteiger partial charge in [0.05, 0.1) is 0 Å². The van der Waals surface area contributed by atoms with E-state index in [1.54, 1.807) is 0 Å². The summed E-state index contributed by atoms with van der Waals surface area (Å²) < 4.78 is 1.31. The summed E-state index contributed by atoms with van der Waals surface area (Å²) in [5, 5.41) is 0. The van der Waals surface area contributed by atoms with E-state index in [9.17, 15) is 0 Å². The van der Waals surface area contributed by atoms with Crippen molar-refractivity contribution in [3.05, 3.63) is 0 Å². The molecule has 12 heavy (non-hydrogen) atoms. The van der Waals surface area contributed by atoms with Gasteiger partial charge in [-0.15, -0.1) is 37.2 Å². The van der Waals surface area contributed by atoms with Crippen LogP contribution in [0.4, 0.5) is 0 Å². The van der Waals surface area contributed by atoms with Crippen LogP contribution in [-0.2, 0) is 23.2 Å². The van der Waals surface area contributed by atoms with Crippen molar-refractivity contribution in [1.29, 1.82) is 0 Å². The van der Waals surface area contributed by atoms with Crippen LogP contribution < -0.4 is 0 Å². The van der Waals surface area contributed by atoms with Gasteiger partial charge in [0.25, 0.3) is 0 Å². The molecule has 0 spiro atoms. The second-order valence-corrected chi connectivity index (χ2v) is 12.6. The topological polar surface area (TPSA) is 0 Å². The maximum Gasteiger partial charge on any atom is -0.147 e. The number of halogens is 3. The van der Waals surface area contributed by atoms with E-state index in [1.807, 2.05) is 0 Å². The van der Waals surface area contributed by atoms with Crippen molar-refractivity contribution in [1.82, 2.24) is 0 Å². The number of rotatable bonds is 0. The van der Waals surface area contributed by atoms with E-state index in [0.29, 0.717) is 6.25 Å². The molecule has 0 aromatic heterocycles. The third-order valence-electron chi connectivity index (χ3n) is 0.750. The number of hydrogen-bond donors (Lipinski definition) is 0. The second kappa shape index (κ2) is 8.09. The molecule has 0 heterocycles. The van der Waals surface area contributed by atoms with Crippen LogP contribution >= 0.6 is 37.2 Å². The summed E-state index contributed by atoms with van der Waals surface area (Å²) in [5.74, 6) is 0. The molecule has 0 fully saturated rings. The Kier molecular flexibility index (Phi) is 15.9. The van der Waals surface area contributed by atoms with Crippen LogP contribution in [0.3, 0.4) is 0 Å². The Morgan fingerprint density at radius 2 is 0.750 bits per heavy atom. The van der Waals surface area contributed by atoms with Crippen molar-refractivity contribution in [2.45, 2.75) is 47.8 Å². The van der Waals surface area contributed by atoms with Gasteiger partial charge in [-0.25, -0.2) is 0 Å². The summed E-state index contributed by atoms with van der Waals surface area (Å²) in [6, 6.07) is 0. The van der Waals surface area contributed by atoms with E-state index in [0.717, 1.165) is 0 Å². The van der Waals surface area contributed by atoms with Gasteiger partial charge in [-0.1, -0.05) is 0 Å². The molecule has 0 atom stereocenters. The van der Waals surface area contributed by atoms with Gasteiger partial charge in [-0.2, -0.15) is 0 Å². The Labute approximate surface area is 107 Å². The maximum absolute atomic E-state index is 2.37. The summed E-state index contributed by atoms with van der Waals surface area (Å²) in [4.78, 5) is 0. The van der Waals surface area contributed by atoms with Gasteiger partial charge in [-0.3, -0.25) is 0 Å². The Morgan fingerprint density at radius 3 is 0.750 bits per heavy atom. The SMILES string of the molecule is C[C](C)(C)[Zr][C](C)(C)C.Cl.Cl.Cl. The standard InChI is InChI=1S/2C4H9.3ClH.Zr/c2*1-4(2)3;;;;/h2*1-3H3;3*1H;. The minimum Gasteiger partial charge on any atom is -0.147 e. The van der Waals surface area contributed by atoms with Crippen LogP contribution in [0, 0.1) is 0 Å². The minimum absolute atomic E-state index is 0. The second-order valence-electron chi connectivity index (χ2n) is 4.62. The van der Waals surface area contributed by atoms with E-state index < -0.39 is 0 Å². The van der Waals surface area contributed by atoms with Gasteiger partial charge in [-0.05, 0) is 0 Å². The van der Waals surface area contributed by atoms with Crippen LogP contribution in [0.2, 0.25) is 6.25 Å². The Bertz CT molecular complexity index is 79.5. The Balaban J connectivity index is -0.000000107. The van der Waals surface area contributed by atoms with Crippen molar-refractivity contribution in [3.8, 4) is 0 Å². The van der Waals surface area contributed by atoms with Gasteiger partial charge in [0.2, 0.25) is 0 Å². The predicted molar refractivity (Wildman–Crippen MR) is 61.2 cm³/mol. The average molecular weight is 315 g/mol. The van der Waals surface area contributed by atoms with Gasteiger partial charge < -0.3 is 0 Å². The van der Waals surface area contributed by atoms with Crippen LogP contribution in [-0.4, -0.2) is 0 Å². The van der Waals surface area contributed by atoms with Gasteiger partial charge >= 0.3 is 71.0 Å². The van der Waals surface area contributed by atoms with Crippen molar-refractivity contribution in [2.75, 3.05) is 0 Å². The first-order valence-corrected chi connectivity index (χ1v) is 5.96. The molecule has 0 saturated carbocycles. The van der Waals surface area contributed by atoms with Crippen molar-refractivity contribution in [3.63, 3.8) is 0 Å². The van der Waals surface area contributed by atoms with Gasteiger partial charge in [0.15, 0.2) is 0 Å². The predicted octanol–water partition coefficient (Wildman–Crippen LogP) is 4.77. The summed E-state index contributed by atoms with van der Waals surface area (Å²) in [6.07, 6.45) is 0. The van der Waals surface area contributed by atoms with E-state index in [2.05, 4.69) is 41.5 Å². The molecular weight excluding hydrogens is 294 g/mol. The largest absolute Gasteiger partial charge is 0.147 e. The molecule has 0 rings (SSSR count). The minimum atomic E-state index is -0.182. The fourth-order valence-electron chi connectivity index (χ4n) is 1.12. The normalized spacial score (nSPS) is 10.2. The van der Waals surface area contributed by atoms with Crippen LogP contribution in [0.5, 0.6) is 0 Å². The maximum atomic E-state index is 2.37. The molecule has 0 aliphatic rings. The zero-order chi connectivity index (χ0) is 7.71. The van der Waals surface area contributed by atoms with E-state index in [4.69, 9.17) is 0 Å². The van der Waals surface area contributed by atoms with Gasteiger partial charge in [0.1, 0.15) is 0 Å². The zero-order valence-corrected chi connectivity index (χ0v) is 13.6. The first kappa shape index (κ1) is 23.5. The summed E-state index contributed by atoms with van der Waals surface area (Å²) in [5.41, 5.74) is 0. The Morgan fingerprint density at radius 1 is 0.583 bits per heavy atom. The van der Waals surface area contributed by atoms with Gasteiger partial charge in [0, 0.05) is 0 Å². The average Bonchev–Trinajstić information content (AvgIpc) is 1.14. The molecule has 0 nitrogen and oxygen atoms in total. The number of hydrogen-bond acceptors (Lipinski definition) is 0.